The van der Waals surface area contributed by atoms with E-state index in [0.29, 0.717) is 11.4 Å². The first-order valence-corrected chi connectivity index (χ1v) is 5.57. The maximum absolute atomic E-state index is 11.9. The summed E-state index contributed by atoms with van der Waals surface area (Å²) in [5, 5.41) is 5.61. The van der Waals surface area contributed by atoms with Gasteiger partial charge in [-0.3, -0.25) is 4.79 Å². The summed E-state index contributed by atoms with van der Waals surface area (Å²) < 4.78 is 0. The molecule has 2 rings (SSSR count). The van der Waals surface area contributed by atoms with Gasteiger partial charge in [0.15, 0.2) is 0 Å². The van der Waals surface area contributed by atoms with Crippen LogP contribution in [0, 0.1) is 6.92 Å². The van der Waals surface area contributed by atoms with Crippen LogP contribution in [0.1, 0.15) is 15.9 Å². The molecule has 5 heteroatoms. The Labute approximate surface area is 105 Å². The number of carbonyl (C=O) groups is 1. The van der Waals surface area contributed by atoms with Crippen LogP contribution >= 0.6 is 0 Å². The van der Waals surface area contributed by atoms with Gasteiger partial charge in [0.25, 0.3) is 5.91 Å². The summed E-state index contributed by atoms with van der Waals surface area (Å²) >= 11 is 0. The molecule has 0 aromatic carbocycles. The molecule has 2 N–H and O–H groups in total. The average Bonchev–Trinajstić information content (AvgIpc) is 2.41. The summed E-state index contributed by atoms with van der Waals surface area (Å²) in [6, 6.07) is 7.12. The fraction of sp³-hybridized carbons (Fsp3) is 0.154. The second-order valence-corrected chi connectivity index (χ2v) is 3.86. The number of anilines is 2. The van der Waals surface area contributed by atoms with Crippen molar-refractivity contribution in [3.05, 3.63) is 47.8 Å². The Hall–Kier alpha value is -2.43. The highest BCUT2D eigenvalue weighted by Crippen LogP contribution is 2.08. The summed E-state index contributed by atoms with van der Waals surface area (Å²) in [4.78, 5) is 20.1. The smallest absolute Gasteiger partial charge is 0.258 e. The van der Waals surface area contributed by atoms with E-state index in [1.54, 1.807) is 31.4 Å². The minimum absolute atomic E-state index is 0.221. The van der Waals surface area contributed by atoms with Crippen molar-refractivity contribution in [3.63, 3.8) is 0 Å². The molecule has 2 aromatic rings. The Bertz CT molecular complexity index is 534. The summed E-state index contributed by atoms with van der Waals surface area (Å²) in [6.07, 6.45) is 3.23. The van der Waals surface area contributed by atoms with Crippen molar-refractivity contribution in [2.24, 2.45) is 0 Å². The molecule has 0 saturated carbocycles. The van der Waals surface area contributed by atoms with Crippen LogP contribution in [0.15, 0.2) is 36.7 Å². The largest absolute Gasteiger partial charge is 0.373 e. The SMILES string of the molecule is CNc1ccc(C(=O)Nc2ccc(C)cn2)cn1. The van der Waals surface area contributed by atoms with Gasteiger partial charge in [-0.25, -0.2) is 9.97 Å². The average molecular weight is 242 g/mol. The fourth-order valence-electron chi connectivity index (χ4n) is 1.41. The van der Waals surface area contributed by atoms with Gasteiger partial charge in [-0.1, -0.05) is 6.07 Å². The number of carbonyl (C=O) groups excluding carboxylic acids is 1. The summed E-state index contributed by atoms with van der Waals surface area (Å²) in [5.74, 6) is 1.03. The Morgan fingerprint density at radius 3 is 2.33 bits per heavy atom. The minimum Gasteiger partial charge on any atom is -0.373 e. The fourth-order valence-corrected chi connectivity index (χ4v) is 1.41. The number of nitrogens with zero attached hydrogens (tertiary/aromatic N) is 2. The molecule has 0 bridgehead atoms. The number of pyridine rings is 2. The normalized spacial score (nSPS) is 9.89. The highest BCUT2D eigenvalue weighted by molar-refractivity contribution is 6.03. The number of aromatic nitrogens is 2. The molecule has 0 fully saturated rings. The first-order valence-electron chi connectivity index (χ1n) is 5.57. The van der Waals surface area contributed by atoms with E-state index in [2.05, 4.69) is 20.6 Å². The van der Waals surface area contributed by atoms with E-state index in [0.717, 1.165) is 11.4 Å². The van der Waals surface area contributed by atoms with E-state index in [-0.39, 0.29) is 5.91 Å². The molecule has 0 atom stereocenters. The highest BCUT2D eigenvalue weighted by Gasteiger charge is 2.06. The van der Waals surface area contributed by atoms with Crippen molar-refractivity contribution >= 4 is 17.5 Å². The molecule has 0 spiro atoms. The first-order chi connectivity index (χ1) is 8.69. The Balaban J connectivity index is 2.09. The molecule has 0 aliphatic rings. The Morgan fingerprint density at radius 1 is 1.06 bits per heavy atom. The van der Waals surface area contributed by atoms with Gasteiger partial charge in [-0.2, -0.15) is 0 Å². The predicted octanol–water partition coefficient (Wildman–Crippen LogP) is 2.08. The van der Waals surface area contributed by atoms with Crippen molar-refractivity contribution in [1.29, 1.82) is 0 Å². The lowest BCUT2D eigenvalue weighted by Gasteiger charge is -2.05. The number of hydrogen-bond donors (Lipinski definition) is 2. The summed E-state index contributed by atoms with van der Waals surface area (Å²) in [7, 11) is 1.78. The zero-order valence-electron chi connectivity index (χ0n) is 10.3. The quantitative estimate of drug-likeness (QED) is 0.864. The van der Waals surface area contributed by atoms with E-state index in [1.807, 2.05) is 13.0 Å². The van der Waals surface area contributed by atoms with Gasteiger partial charge >= 0.3 is 0 Å². The van der Waals surface area contributed by atoms with Crippen LogP contribution in [-0.4, -0.2) is 22.9 Å². The van der Waals surface area contributed by atoms with Gasteiger partial charge in [-0.05, 0) is 30.7 Å². The van der Waals surface area contributed by atoms with Gasteiger partial charge in [0.05, 0.1) is 5.56 Å². The Kier molecular flexibility index (Phi) is 3.52. The van der Waals surface area contributed by atoms with Crippen LogP contribution in [0.25, 0.3) is 0 Å². The monoisotopic (exact) mass is 242 g/mol. The van der Waals surface area contributed by atoms with Gasteiger partial charge in [-0.15, -0.1) is 0 Å². The van der Waals surface area contributed by atoms with Crippen LogP contribution < -0.4 is 10.6 Å². The van der Waals surface area contributed by atoms with Crippen LogP contribution in [0.4, 0.5) is 11.6 Å². The number of nitrogens with one attached hydrogen (secondary N) is 2. The third kappa shape index (κ3) is 2.82. The topological polar surface area (TPSA) is 66.9 Å². The van der Waals surface area contributed by atoms with Gasteiger partial charge < -0.3 is 10.6 Å². The standard InChI is InChI=1S/C13H14N4O/c1-9-3-5-12(15-7-9)17-13(18)10-4-6-11(14-2)16-8-10/h3-8H,1-2H3,(H,14,16)(H,15,17,18). The molecule has 0 saturated heterocycles. The van der Waals surface area contributed by atoms with E-state index in [4.69, 9.17) is 0 Å². The predicted molar refractivity (Wildman–Crippen MR) is 70.7 cm³/mol. The third-order valence-corrected chi connectivity index (χ3v) is 2.43. The summed E-state index contributed by atoms with van der Waals surface area (Å²) in [6.45, 7) is 1.94. The third-order valence-electron chi connectivity index (χ3n) is 2.43. The van der Waals surface area contributed by atoms with Crippen molar-refractivity contribution < 1.29 is 4.79 Å². The molecular formula is C13H14N4O. The molecule has 0 radical (unpaired) electrons. The highest BCUT2D eigenvalue weighted by atomic mass is 16.1. The van der Waals surface area contributed by atoms with E-state index in [1.165, 1.54) is 6.20 Å². The zero-order chi connectivity index (χ0) is 13.0. The van der Waals surface area contributed by atoms with Crippen LogP contribution in [0.2, 0.25) is 0 Å². The minimum atomic E-state index is -0.221. The van der Waals surface area contributed by atoms with Gasteiger partial charge in [0, 0.05) is 19.4 Å². The van der Waals surface area contributed by atoms with E-state index in [9.17, 15) is 4.79 Å². The van der Waals surface area contributed by atoms with Crippen molar-refractivity contribution in [3.8, 4) is 0 Å². The number of rotatable bonds is 3. The molecular weight excluding hydrogens is 228 g/mol. The molecule has 2 heterocycles. The lowest BCUT2D eigenvalue weighted by Crippen LogP contribution is -2.13. The van der Waals surface area contributed by atoms with Crippen molar-refractivity contribution in [2.45, 2.75) is 6.92 Å². The molecule has 92 valence electrons. The van der Waals surface area contributed by atoms with E-state index < -0.39 is 0 Å². The second-order valence-electron chi connectivity index (χ2n) is 3.86. The maximum atomic E-state index is 11.9. The lowest BCUT2D eigenvalue weighted by atomic mass is 10.2. The molecule has 1 amide bonds. The van der Waals surface area contributed by atoms with Crippen molar-refractivity contribution in [2.75, 3.05) is 17.7 Å². The molecule has 0 aliphatic carbocycles. The molecule has 2 aromatic heterocycles. The Morgan fingerprint density at radius 2 is 1.78 bits per heavy atom. The van der Waals surface area contributed by atoms with E-state index >= 15 is 0 Å². The molecule has 0 aliphatic heterocycles. The lowest BCUT2D eigenvalue weighted by molar-refractivity contribution is 0.102. The van der Waals surface area contributed by atoms with Crippen LogP contribution in [0.3, 0.4) is 0 Å². The van der Waals surface area contributed by atoms with Crippen molar-refractivity contribution in [1.82, 2.24) is 9.97 Å². The molecule has 0 unspecified atom stereocenters. The zero-order valence-corrected chi connectivity index (χ0v) is 10.3. The summed E-state index contributed by atoms with van der Waals surface area (Å²) in [5.41, 5.74) is 1.55. The van der Waals surface area contributed by atoms with Gasteiger partial charge in [0.2, 0.25) is 0 Å². The maximum Gasteiger partial charge on any atom is 0.258 e. The second kappa shape index (κ2) is 5.27. The van der Waals surface area contributed by atoms with Crippen LogP contribution in [-0.2, 0) is 0 Å². The molecule has 5 nitrogen and oxygen atoms in total. The van der Waals surface area contributed by atoms with Gasteiger partial charge in [0.1, 0.15) is 11.6 Å². The number of amides is 1. The van der Waals surface area contributed by atoms with Crippen LogP contribution in [0.5, 0.6) is 0 Å². The first kappa shape index (κ1) is 12.0. The number of aryl methyl sites for hydroxylation is 1. The number of hydrogen-bond acceptors (Lipinski definition) is 4. The molecule has 18 heavy (non-hydrogen) atoms.